The van der Waals surface area contributed by atoms with E-state index in [2.05, 4.69) is 4.98 Å². The van der Waals surface area contributed by atoms with Crippen molar-refractivity contribution in [1.29, 1.82) is 0 Å². The smallest absolute Gasteiger partial charge is 0.227 e. The van der Waals surface area contributed by atoms with Gasteiger partial charge in [0.05, 0.1) is 5.92 Å². The second-order valence-electron chi connectivity index (χ2n) is 4.49. The Morgan fingerprint density at radius 1 is 1.41 bits per heavy atom. The summed E-state index contributed by atoms with van der Waals surface area (Å²) in [5.41, 5.74) is 6.65. The lowest BCUT2D eigenvalue weighted by Crippen LogP contribution is -2.38. The number of aromatic nitrogens is 1. The van der Waals surface area contributed by atoms with Crippen molar-refractivity contribution in [2.75, 3.05) is 19.6 Å². The van der Waals surface area contributed by atoms with Gasteiger partial charge in [0.2, 0.25) is 5.91 Å². The van der Waals surface area contributed by atoms with Crippen molar-refractivity contribution in [2.24, 2.45) is 11.7 Å². The molecule has 1 unspecified atom stereocenters. The van der Waals surface area contributed by atoms with Crippen LogP contribution in [0.4, 0.5) is 0 Å². The highest BCUT2D eigenvalue weighted by Gasteiger charge is 2.25. The third kappa shape index (κ3) is 3.03. The minimum atomic E-state index is -0.122. The van der Waals surface area contributed by atoms with E-state index >= 15 is 0 Å². The minimum absolute atomic E-state index is 0.122. The zero-order valence-corrected chi connectivity index (χ0v) is 10.0. The number of amides is 1. The maximum atomic E-state index is 12.2. The first-order valence-electron chi connectivity index (χ1n) is 6.20. The van der Waals surface area contributed by atoms with Crippen molar-refractivity contribution in [3.63, 3.8) is 0 Å². The molecule has 4 heteroatoms. The number of pyridine rings is 1. The van der Waals surface area contributed by atoms with Crippen LogP contribution in [0.1, 0.15) is 18.5 Å². The van der Waals surface area contributed by atoms with Crippen molar-refractivity contribution < 1.29 is 4.79 Å². The molecule has 2 N–H and O–H groups in total. The highest BCUT2D eigenvalue weighted by molar-refractivity contribution is 5.79. The van der Waals surface area contributed by atoms with Gasteiger partial charge in [-0.05, 0) is 25.0 Å². The minimum Gasteiger partial charge on any atom is -0.342 e. The van der Waals surface area contributed by atoms with E-state index in [9.17, 15) is 4.79 Å². The molecule has 1 amide bonds. The van der Waals surface area contributed by atoms with Gasteiger partial charge < -0.3 is 10.6 Å². The van der Waals surface area contributed by atoms with Gasteiger partial charge in [0.15, 0.2) is 0 Å². The largest absolute Gasteiger partial charge is 0.342 e. The summed E-state index contributed by atoms with van der Waals surface area (Å²) in [5, 5.41) is 0. The van der Waals surface area contributed by atoms with E-state index in [4.69, 9.17) is 5.73 Å². The lowest BCUT2D eigenvalue weighted by molar-refractivity contribution is -0.134. The number of rotatable bonds is 4. The summed E-state index contributed by atoms with van der Waals surface area (Å²) in [6.45, 7) is 2.17. The highest BCUT2D eigenvalue weighted by atomic mass is 16.2. The Kier molecular flexibility index (Phi) is 4.09. The van der Waals surface area contributed by atoms with E-state index in [0.717, 1.165) is 31.6 Å². The van der Waals surface area contributed by atoms with E-state index in [1.807, 2.05) is 23.1 Å². The standard InChI is InChI=1S/C13H19N3O/c14-10-11(9-12-5-1-2-6-15-12)13(17)16-7-3-4-8-16/h1-2,5-6,11H,3-4,7-10,14H2. The van der Waals surface area contributed by atoms with Crippen LogP contribution in [0.3, 0.4) is 0 Å². The third-order valence-electron chi connectivity index (χ3n) is 3.23. The van der Waals surface area contributed by atoms with Gasteiger partial charge in [-0.1, -0.05) is 6.07 Å². The molecule has 1 fully saturated rings. The fourth-order valence-electron chi connectivity index (χ4n) is 2.24. The Morgan fingerprint density at radius 2 is 2.18 bits per heavy atom. The molecule has 1 aliphatic rings. The van der Waals surface area contributed by atoms with Gasteiger partial charge in [-0.2, -0.15) is 0 Å². The lowest BCUT2D eigenvalue weighted by atomic mass is 10.0. The number of carbonyl (C=O) groups excluding carboxylic acids is 1. The van der Waals surface area contributed by atoms with Gasteiger partial charge in [-0.3, -0.25) is 9.78 Å². The summed E-state index contributed by atoms with van der Waals surface area (Å²) in [5.74, 6) is 0.0682. The summed E-state index contributed by atoms with van der Waals surface area (Å²) < 4.78 is 0. The molecule has 2 heterocycles. The molecule has 1 atom stereocenters. The van der Waals surface area contributed by atoms with Crippen molar-refractivity contribution in [3.05, 3.63) is 30.1 Å². The zero-order valence-electron chi connectivity index (χ0n) is 10.0. The fraction of sp³-hybridized carbons (Fsp3) is 0.538. The zero-order chi connectivity index (χ0) is 12.1. The van der Waals surface area contributed by atoms with Crippen molar-refractivity contribution in [2.45, 2.75) is 19.3 Å². The first-order valence-corrected chi connectivity index (χ1v) is 6.20. The topological polar surface area (TPSA) is 59.2 Å². The Balaban J connectivity index is 1.98. The second-order valence-corrected chi connectivity index (χ2v) is 4.49. The summed E-state index contributed by atoms with van der Waals surface area (Å²) in [7, 11) is 0. The molecule has 0 saturated carbocycles. The van der Waals surface area contributed by atoms with Crippen LogP contribution >= 0.6 is 0 Å². The van der Waals surface area contributed by atoms with Crippen LogP contribution in [0, 0.1) is 5.92 Å². The quantitative estimate of drug-likeness (QED) is 0.837. The van der Waals surface area contributed by atoms with Gasteiger partial charge in [-0.25, -0.2) is 0 Å². The molecule has 92 valence electrons. The number of nitrogens with zero attached hydrogens (tertiary/aromatic N) is 2. The Morgan fingerprint density at radius 3 is 2.76 bits per heavy atom. The fourth-order valence-corrected chi connectivity index (χ4v) is 2.24. The van der Waals surface area contributed by atoms with Crippen molar-refractivity contribution >= 4 is 5.91 Å². The first kappa shape index (κ1) is 12.0. The molecule has 17 heavy (non-hydrogen) atoms. The predicted molar refractivity (Wildman–Crippen MR) is 66.3 cm³/mol. The van der Waals surface area contributed by atoms with Crippen LogP contribution in [0.25, 0.3) is 0 Å². The van der Waals surface area contributed by atoms with Crippen molar-refractivity contribution in [1.82, 2.24) is 9.88 Å². The number of likely N-dealkylation sites (tertiary alicyclic amines) is 1. The first-order chi connectivity index (χ1) is 8.31. The number of nitrogens with two attached hydrogens (primary N) is 1. The van der Waals surface area contributed by atoms with E-state index < -0.39 is 0 Å². The lowest BCUT2D eigenvalue weighted by Gasteiger charge is -2.21. The van der Waals surface area contributed by atoms with Gasteiger partial charge in [-0.15, -0.1) is 0 Å². The van der Waals surface area contributed by atoms with E-state index in [1.165, 1.54) is 0 Å². The second kappa shape index (κ2) is 5.77. The molecule has 1 aromatic heterocycles. The molecule has 1 aromatic rings. The van der Waals surface area contributed by atoms with Crippen LogP contribution in [0.5, 0.6) is 0 Å². The third-order valence-corrected chi connectivity index (χ3v) is 3.23. The maximum Gasteiger partial charge on any atom is 0.227 e. The monoisotopic (exact) mass is 233 g/mol. The van der Waals surface area contributed by atoms with E-state index in [0.29, 0.717) is 13.0 Å². The van der Waals surface area contributed by atoms with Gasteiger partial charge in [0.1, 0.15) is 0 Å². The number of hydrogen-bond donors (Lipinski definition) is 1. The molecule has 1 aliphatic heterocycles. The summed E-state index contributed by atoms with van der Waals surface area (Å²) in [6.07, 6.45) is 4.63. The molecule has 0 aliphatic carbocycles. The molecule has 0 aromatic carbocycles. The molecular weight excluding hydrogens is 214 g/mol. The van der Waals surface area contributed by atoms with Gasteiger partial charge in [0, 0.05) is 37.9 Å². The average molecular weight is 233 g/mol. The summed E-state index contributed by atoms with van der Waals surface area (Å²) in [4.78, 5) is 18.4. The number of hydrogen-bond acceptors (Lipinski definition) is 3. The average Bonchev–Trinajstić information content (AvgIpc) is 2.90. The molecule has 0 radical (unpaired) electrons. The molecule has 1 saturated heterocycles. The number of carbonyl (C=O) groups is 1. The summed E-state index contributed by atoms with van der Waals surface area (Å²) >= 11 is 0. The SMILES string of the molecule is NCC(Cc1ccccn1)C(=O)N1CCCC1. The molecule has 4 nitrogen and oxygen atoms in total. The Hall–Kier alpha value is -1.42. The van der Waals surface area contributed by atoms with E-state index in [1.54, 1.807) is 6.20 Å². The molecule has 0 bridgehead atoms. The molecule has 0 spiro atoms. The van der Waals surface area contributed by atoms with Crippen LogP contribution < -0.4 is 5.73 Å². The predicted octanol–water partition coefficient (Wildman–Crippen LogP) is 0.821. The van der Waals surface area contributed by atoms with Gasteiger partial charge >= 0.3 is 0 Å². The normalized spacial score (nSPS) is 17.1. The Bertz CT molecular complexity index is 360. The van der Waals surface area contributed by atoms with Crippen LogP contribution in [0.15, 0.2) is 24.4 Å². The molecule has 2 rings (SSSR count). The van der Waals surface area contributed by atoms with Crippen LogP contribution in [-0.4, -0.2) is 35.4 Å². The maximum absolute atomic E-state index is 12.2. The summed E-state index contributed by atoms with van der Waals surface area (Å²) in [6, 6.07) is 5.76. The van der Waals surface area contributed by atoms with Crippen molar-refractivity contribution in [3.8, 4) is 0 Å². The molecular formula is C13H19N3O. The Labute approximate surface area is 102 Å². The van der Waals surface area contributed by atoms with Crippen LogP contribution in [0.2, 0.25) is 0 Å². The van der Waals surface area contributed by atoms with E-state index in [-0.39, 0.29) is 11.8 Å². The van der Waals surface area contributed by atoms with Crippen LogP contribution in [-0.2, 0) is 11.2 Å². The highest BCUT2D eigenvalue weighted by Crippen LogP contribution is 2.14. The van der Waals surface area contributed by atoms with Gasteiger partial charge in [0.25, 0.3) is 0 Å².